The van der Waals surface area contributed by atoms with Crippen molar-refractivity contribution in [3.8, 4) is 0 Å². The number of hydrogen-bond acceptors (Lipinski definition) is 5. The van der Waals surface area contributed by atoms with E-state index in [0.29, 0.717) is 24.3 Å². The van der Waals surface area contributed by atoms with Gasteiger partial charge in [0.05, 0.1) is 34.2 Å². The van der Waals surface area contributed by atoms with Gasteiger partial charge in [0.15, 0.2) is 13.9 Å². The van der Waals surface area contributed by atoms with E-state index < -0.39 is 30.4 Å². The van der Waals surface area contributed by atoms with Crippen molar-refractivity contribution in [2.75, 3.05) is 18.0 Å². The first kappa shape index (κ1) is 31.1. The van der Waals surface area contributed by atoms with Gasteiger partial charge in [-0.1, -0.05) is 109 Å². The van der Waals surface area contributed by atoms with E-state index in [2.05, 4.69) is 50.0 Å². The minimum absolute atomic E-state index is 0.102. The molecule has 0 spiro atoms. The predicted molar refractivity (Wildman–Crippen MR) is 174 cm³/mol. The van der Waals surface area contributed by atoms with E-state index in [1.54, 1.807) is 18.2 Å². The Morgan fingerprint density at radius 3 is 2.00 bits per heavy atom. The maximum atomic E-state index is 16.3. The van der Waals surface area contributed by atoms with Gasteiger partial charge < -0.3 is 14.7 Å². The van der Waals surface area contributed by atoms with Gasteiger partial charge in [-0.15, -0.1) is 0 Å². The average Bonchev–Trinajstić information content (AvgIpc) is 2.98. The van der Waals surface area contributed by atoms with E-state index in [1.807, 2.05) is 55.1 Å². The number of ketones is 1. The van der Waals surface area contributed by atoms with E-state index in [-0.39, 0.29) is 28.5 Å². The van der Waals surface area contributed by atoms with Crippen LogP contribution in [0.25, 0.3) is 0 Å². The molecule has 2 heterocycles. The molecule has 224 valence electrons. The van der Waals surface area contributed by atoms with Crippen LogP contribution in [0, 0.1) is 5.82 Å². The van der Waals surface area contributed by atoms with Crippen molar-refractivity contribution >= 4 is 41.5 Å². The molecular weight excluding hydrogens is 579 g/mol. The minimum atomic E-state index is -3.21. The second-order valence-corrected chi connectivity index (χ2v) is 17.6. The summed E-state index contributed by atoms with van der Waals surface area (Å²) < 4.78 is 22.3. The highest BCUT2D eigenvalue weighted by Gasteiger charge is 2.54. The molecule has 5 rings (SSSR count). The summed E-state index contributed by atoms with van der Waals surface area (Å²) in [6.45, 7) is 11.2. The summed E-state index contributed by atoms with van der Waals surface area (Å²) in [5.74, 6) is -1.41. The standard InChI is InChI=1S/C35H38ClFN2O3Si/c1-23-21-39(22-24(2)42-23)32-27(20-28(36)31(37)30(32)33(40)29-18-12-13-19-38-29)34(41)43(35(3,4)5,25-14-8-6-9-15-25)26-16-10-7-11-17-26/h6-20,23-24,34,41H,21-22H2,1-5H3/t23-,24+,34?. The smallest absolute Gasteiger partial charge is 0.216 e. The van der Waals surface area contributed by atoms with Crippen LogP contribution in [0.2, 0.25) is 10.1 Å². The van der Waals surface area contributed by atoms with Crippen molar-refractivity contribution in [2.45, 2.75) is 57.6 Å². The number of halogens is 2. The van der Waals surface area contributed by atoms with Gasteiger partial charge in [0, 0.05) is 24.8 Å². The van der Waals surface area contributed by atoms with Gasteiger partial charge in [0.2, 0.25) is 5.78 Å². The summed E-state index contributed by atoms with van der Waals surface area (Å²) in [5, 5.41) is 14.4. The fourth-order valence-corrected chi connectivity index (χ4v) is 12.6. The molecular formula is C35H38ClFN2O3Si. The van der Waals surface area contributed by atoms with Crippen molar-refractivity contribution in [2.24, 2.45) is 0 Å². The molecule has 1 aromatic heterocycles. The van der Waals surface area contributed by atoms with Crippen LogP contribution in [0.4, 0.5) is 10.1 Å². The molecule has 3 aromatic carbocycles. The summed E-state index contributed by atoms with van der Waals surface area (Å²) in [7, 11) is -3.21. The third-order valence-electron chi connectivity index (χ3n) is 8.43. The maximum absolute atomic E-state index is 16.3. The zero-order valence-corrected chi connectivity index (χ0v) is 27.0. The van der Waals surface area contributed by atoms with Gasteiger partial charge in [-0.2, -0.15) is 0 Å². The summed E-state index contributed by atoms with van der Waals surface area (Å²) in [4.78, 5) is 20.3. The lowest BCUT2D eigenvalue weighted by Crippen LogP contribution is -2.68. The van der Waals surface area contributed by atoms with E-state index >= 15 is 4.39 Å². The Balaban J connectivity index is 1.87. The summed E-state index contributed by atoms with van der Waals surface area (Å²) >= 11 is 6.63. The number of ether oxygens (including phenoxy) is 1. The van der Waals surface area contributed by atoms with Crippen LogP contribution in [-0.2, 0) is 4.74 Å². The lowest BCUT2D eigenvalue weighted by atomic mass is 9.98. The zero-order chi connectivity index (χ0) is 30.9. The van der Waals surface area contributed by atoms with Crippen molar-refractivity contribution in [1.29, 1.82) is 0 Å². The number of aliphatic hydroxyl groups excluding tert-OH is 1. The van der Waals surface area contributed by atoms with E-state index in [4.69, 9.17) is 16.3 Å². The molecule has 0 aliphatic carbocycles. The van der Waals surface area contributed by atoms with Crippen LogP contribution in [0.15, 0.2) is 91.1 Å². The fraction of sp³-hybridized carbons (Fsp3) is 0.314. The summed E-state index contributed by atoms with van der Waals surface area (Å²) in [5.41, 5.74) is -0.403. The Morgan fingerprint density at radius 2 is 1.51 bits per heavy atom. The van der Waals surface area contributed by atoms with Gasteiger partial charge >= 0.3 is 0 Å². The Hall–Kier alpha value is -3.36. The molecule has 4 aromatic rings. The monoisotopic (exact) mass is 616 g/mol. The third-order valence-corrected chi connectivity index (χ3v) is 14.7. The first-order valence-electron chi connectivity index (χ1n) is 14.6. The molecule has 0 bridgehead atoms. The van der Waals surface area contributed by atoms with Gasteiger partial charge in [-0.3, -0.25) is 9.78 Å². The highest BCUT2D eigenvalue weighted by molar-refractivity contribution is 7.04. The number of aromatic nitrogens is 1. The van der Waals surface area contributed by atoms with E-state index in [9.17, 15) is 9.90 Å². The van der Waals surface area contributed by atoms with Crippen molar-refractivity contribution in [3.05, 3.63) is 119 Å². The molecule has 1 aliphatic heterocycles. The number of morpholine rings is 1. The molecule has 43 heavy (non-hydrogen) atoms. The van der Waals surface area contributed by atoms with Crippen LogP contribution in [-0.4, -0.2) is 49.2 Å². The molecule has 1 aliphatic rings. The van der Waals surface area contributed by atoms with Gasteiger partial charge in [0.25, 0.3) is 0 Å². The lowest BCUT2D eigenvalue weighted by Gasteiger charge is -2.48. The Labute approximate surface area is 259 Å². The molecule has 0 saturated carbocycles. The topological polar surface area (TPSA) is 62.7 Å². The molecule has 8 heteroatoms. The number of rotatable bonds is 7. The number of hydrogen-bond donors (Lipinski definition) is 1. The largest absolute Gasteiger partial charge is 0.391 e. The molecule has 5 nitrogen and oxygen atoms in total. The average molecular weight is 617 g/mol. The third kappa shape index (κ3) is 5.67. The molecule has 1 fully saturated rings. The lowest BCUT2D eigenvalue weighted by molar-refractivity contribution is -0.00541. The Bertz CT molecular complexity index is 1530. The SMILES string of the molecule is C[C@@H]1CN(c2c(C(O)[Si](c3ccccc3)(c3ccccc3)C(C)(C)C)cc(Cl)c(F)c2C(=O)c2ccccn2)C[C@H](C)O1. The predicted octanol–water partition coefficient (Wildman–Crippen LogP) is 6.35. The molecule has 1 N–H and O–H groups in total. The van der Waals surface area contributed by atoms with E-state index in [1.165, 1.54) is 12.3 Å². The van der Waals surface area contributed by atoms with Crippen LogP contribution in [0.3, 0.4) is 0 Å². The van der Waals surface area contributed by atoms with E-state index in [0.717, 1.165) is 10.4 Å². The number of anilines is 1. The van der Waals surface area contributed by atoms with Crippen LogP contribution in [0.5, 0.6) is 0 Å². The van der Waals surface area contributed by atoms with Crippen molar-refractivity contribution < 1.29 is 19.0 Å². The number of pyridine rings is 1. The molecule has 0 radical (unpaired) electrons. The van der Waals surface area contributed by atoms with Gasteiger partial charge in [-0.25, -0.2) is 4.39 Å². The minimum Gasteiger partial charge on any atom is -0.391 e. The number of aliphatic hydroxyl groups is 1. The number of nitrogens with zero attached hydrogens (tertiary/aromatic N) is 2. The normalized spacial score (nSPS) is 18.4. The van der Waals surface area contributed by atoms with Gasteiger partial charge in [0.1, 0.15) is 5.69 Å². The number of carbonyl (C=O) groups excluding carboxylic acids is 1. The zero-order valence-electron chi connectivity index (χ0n) is 25.2. The maximum Gasteiger partial charge on any atom is 0.216 e. The first-order chi connectivity index (χ1) is 20.5. The van der Waals surface area contributed by atoms with Crippen LogP contribution < -0.4 is 15.3 Å². The first-order valence-corrected chi connectivity index (χ1v) is 17.1. The second kappa shape index (κ2) is 12.3. The quantitative estimate of drug-likeness (QED) is 0.194. The molecule has 0 amide bonds. The fourth-order valence-electron chi connectivity index (χ4n) is 6.77. The summed E-state index contributed by atoms with van der Waals surface area (Å²) in [6.07, 6.45) is 1.14. The Morgan fingerprint density at radius 1 is 0.977 bits per heavy atom. The number of carbonyl (C=O) groups is 1. The molecule has 3 atom stereocenters. The second-order valence-electron chi connectivity index (χ2n) is 12.4. The highest BCUT2D eigenvalue weighted by atomic mass is 35.5. The summed E-state index contributed by atoms with van der Waals surface area (Å²) in [6, 6.07) is 26.6. The van der Waals surface area contributed by atoms with Crippen molar-refractivity contribution in [1.82, 2.24) is 4.98 Å². The number of benzene rings is 3. The highest BCUT2D eigenvalue weighted by Crippen LogP contribution is 2.48. The Kier molecular flexibility index (Phi) is 8.91. The van der Waals surface area contributed by atoms with Crippen molar-refractivity contribution in [3.63, 3.8) is 0 Å². The van der Waals surface area contributed by atoms with Gasteiger partial charge in [-0.05, 0) is 37.1 Å². The molecule has 1 saturated heterocycles. The van der Waals surface area contributed by atoms with Crippen LogP contribution >= 0.6 is 11.6 Å². The van der Waals surface area contributed by atoms with Crippen LogP contribution in [0.1, 0.15) is 62.0 Å². The molecule has 1 unspecified atom stereocenters.